The highest BCUT2D eigenvalue weighted by Crippen LogP contribution is 2.16. The maximum absolute atomic E-state index is 11.7. The van der Waals surface area contributed by atoms with E-state index >= 15 is 0 Å². The van der Waals surface area contributed by atoms with E-state index in [4.69, 9.17) is 4.74 Å². The molecule has 0 unspecified atom stereocenters. The fourth-order valence-electron chi connectivity index (χ4n) is 1.47. The highest BCUT2D eigenvalue weighted by molar-refractivity contribution is 5.89. The van der Waals surface area contributed by atoms with Gasteiger partial charge in [-0.3, -0.25) is 10.1 Å². The number of hydrogen-bond donors (Lipinski definition) is 2. The average Bonchev–Trinajstić information content (AvgIpc) is 2.22. The Labute approximate surface area is 107 Å². The number of nitrogens with one attached hydrogen (secondary N) is 2. The van der Waals surface area contributed by atoms with Gasteiger partial charge in [0.05, 0.1) is 5.54 Å². The highest BCUT2D eigenvalue weighted by atomic mass is 16.6. The second-order valence-corrected chi connectivity index (χ2v) is 5.68. The van der Waals surface area contributed by atoms with Gasteiger partial charge in [-0.1, -0.05) is 6.08 Å². The van der Waals surface area contributed by atoms with Crippen LogP contribution in [0.1, 0.15) is 34.6 Å². The lowest BCUT2D eigenvalue weighted by atomic mass is 10.0. The van der Waals surface area contributed by atoms with E-state index in [0.717, 1.165) is 0 Å². The van der Waals surface area contributed by atoms with Crippen molar-refractivity contribution in [3.05, 3.63) is 23.9 Å². The molecule has 0 aromatic heterocycles. The van der Waals surface area contributed by atoms with Crippen molar-refractivity contribution < 1.29 is 14.3 Å². The van der Waals surface area contributed by atoms with E-state index in [0.29, 0.717) is 5.70 Å². The van der Waals surface area contributed by atoms with Crippen molar-refractivity contribution >= 4 is 12.0 Å². The number of amides is 2. The summed E-state index contributed by atoms with van der Waals surface area (Å²) >= 11 is 0. The Morgan fingerprint density at radius 3 is 2.56 bits per heavy atom. The lowest BCUT2D eigenvalue weighted by Crippen LogP contribution is -2.49. The molecule has 100 valence electrons. The summed E-state index contributed by atoms with van der Waals surface area (Å²) in [5.74, 6) is -0.197. The number of carbonyl (C=O) groups excluding carboxylic acids is 2. The molecule has 1 aliphatic heterocycles. The lowest BCUT2D eigenvalue weighted by molar-refractivity contribution is -0.117. The fraction of sp³-hybridized carbons (Fsp3) is 0.538. The Bertz CT molecular complexity index is 414. The molecule has 0 saturated heterocycles. The monoisotopic (exact) mass is 252 g/mol. The van der Waals surface area contributed by atoms with Gasteiger partial charge in [-0.25, -0.2) is 4.79 Å². The van der Waals surface area contributed by atoms with Gasteiger partial charge in [0.25, 0.3) is 0 Å². The minimum absolute atomic E-state index is 0.197. The van der Waals surface area contributed by atoms with E-state index in [2.05, 4.69) is 10.6 Å². The summed E-state index contributed by atoms with van der Waals surface area (Å²) in [6, 6.07) is 0. The van der Waals surface area contributed by atoms with Gasteiger partial charge in [0.1, 0.15) is 5.60 Å². The second kappa shape index (κ2) is 4.84. The third-order valence-electron chi connectivity index (χ3n) is 2.26. The molecular formula is C13H20N2O3. The molecule has 0 atom stereocenters. The van der Waals surface area contributed by atoms with Crippen LogP contribution in [-0.2, 0) is 9.53 Å². The molecule has 0 fully saturated rings. The van der Waals surface area contributed by atoms with Crippen molar-refractivity contribution in [2.75, 3.05) is 0 Å². The molecule has 1 rings (SSSR count). The van der Waals surface area contributed by atoms with Crippen LogP contribution in [0.2, 0.25) is 0 Å². The zero-order valence-corrected chi connectivity index (χ0v) is 11.5. The Hall–Kier alpha value is -1.78. The van der Waals surface area contributed by atoms with Crippen molar-refractivity contribution in [2.45, 2.75) is 45.8 Å². The predicted molar refractivity (Wildman–Crippen MR) is 68.8 cm³/mol. The number of rotatable bonds is 1. The molecule has 1 heterocycles. The van der Waals surface area contributed by atoms with Crippen LogP contribution in [0.25, 0.3) is 0 Å². The van der Waals surface area contributed by atoms with Crippen molar-refractivity contribution in [3.8, 4) is 0 Å². The molecule has 18 heavy (non-hydrogen) atoms. The van der Waals surface area contributed by atoms with Gasteiger partial charge in [-0.15, -0.1) is 0 Å². The Morgan fingerprint density at radius 2 is 2.00 bits per heavy atom. The molecule has 0 spiro atoms. The quantitative estimate of drug-likeness (QED) is 0.748. The smallest absolute Gasteiger partial charge is 0.411 e. The van der Waals surface area contributed by atoms with Gasteiger partial charge in [0, 0.05) is 11.8 Å². The molecular weight excluding hydrogens is 232 g/mol. The zero-order valence-electron chi connectivity index (χ0n) is 11.5. The van der Waals surface area contributed by atoms with Crippen LogP contribution in [0.3, 0.4) is 0 Å². The Morgan fingerprint density at radius 1 is 1.39 bits per heavy atom. The molecule has 0 aliphatic carbocycles. The number of hydrogen-bond acceptors (Lipinski definition) is 3. The van der Waals surface area contributed by atoms with Crippen LogP contribution in [0.15, 0.2) is 23.9 Å². The third-order valence-corrected chi connectivity index (χ3v) is 2.26. The van der Waals surface area contributed by atoms with Crippen LogP contribution in [0.5, 0.6) is 0 Å². The van der Waals surface area contributed by atoms with E-state index in [1.807, 2.05) is 0 Å². The molecule has 5 nitrogen and oxygen atoms in total. The molecule has 2 N–H and O–H groups in total. The number of carbonyl (C=O) groups is 2. The van der Waals surface area contributed by atoms with Crippen molar-refractivity contribution in [1.29, 1.82) is 0 Å². The summed E-state index contributed by atoms with van der Waals surface area (Å²) in [7, 11) is 0. The fourth-order valence-corrected chi connectivity index (χ4v) is 1.47. The molecule has 0 aromatic carbocycles. The SMILES string of the molecule is CC(C)(C)OC(=O)NC1=CC=CC(=O)NC1(C)C. The summed E-state index contributed by atoms with van der Waals surface area (Å²) in [6.07, 6.45) is 4.15. The molecule has 0 radical (unpaired) electrons. The first-order valence-corrected chi connectivity index (χ1v) is 5.81. The molecule has 5 heteroatoms. The maximum Gasteiger partial charge on any atom is 0.411 e. The van der Waals surface area contributed by atoms with Gasteiger partial charge in [-0.05, 0) is 40.7 Å². The van der Waals surface area contributed by atoms with Crippen LogP contribution in [0.4, 0.5) is 4.79 Å². The first kappa shape index (κ1) is 14.3. The lowest BCUT2D eigenvalue weighted by Gasteiger charge is -2.29. The van der Waals surface area contributed by atoms with Crippen molar-refractivity contribution in [3.63, 3.8) is 0 Å². The van der Waals surface area contributed by atoms with Gasteiger partial charge in [-0.2, -0.15) is 0 Å². The van der Waals surface area contributed by atoms with Gasteiger partial charge < -0.3 is 10.1 Å². The van der Waals surface area contributed by atoms with Crippen LogP contribution in [-0.4, -0.2) is 23.1 Å². The van der Waals surface area contributed by atoms with Crippen LogP contribution >= 0.6 is 0 Å². The third kappa shape index (κ3) is 4.24. The molecule has 2 amide bonds. The molecule has 1 aliphatic rings. The van der Waals surface area contributed by atoms with Gasteiger partial charge in [0.15, 0.2) is 0 Å². The number of allylic oxidation sites excluding steroid dienone is 2. The second-order valence-electron chi connectivity index (χ2n) is 5.68. The first-order chi connectivity index (χ1) is 8.10. The minimum Gasteiger partial charge on any atom is -0.444 e. The van der Waals surface area contributed by atoms with E-state index in [1.54, 1.807) is 46.8 Å². The maximum atomic E-state index is 11.7. The summed E-state index contributed by atoms with van der Waals surface area (Å²) in [5, 5.41) is 5.43. The summed E-state index contributed by atoms with van der Waals surface area (Å²) in [6.45, 7) is 8.99. The minimum atomic E-state index is -0.655. The zero-order chi connectivity index (χ0) is 14.0. The standard InChI is InChI=1S/C13H20N2O3/c1-12(2,3)18-11(17)14-9-7-6-8-10(16)15-13(9,4)5/h6-8H,1-5H3,(H,14,17)(H,15,16). The summed E-state index contributed by atoms with van der Waals surface area (Å²) in [5.41, 5.74) is -0.630. The number of ether oxygens (including phenoxy) is 1. The van der Waals surface area contributed by atoms with Crippen molar-refractivity contribution in [2.24, 2.45) is 0 Å². The van der Waals surface area contributed by atoms with Gasteiger partial charge in [0.2, 0.25) is 5.91 Å². The van der Waals surface area contributed by atoms with Crippen molar-refractivity contribution in [1.82, 2.24) is 10.6 Å². The van der Waals surface area contributed by atoms with E-state index in [-0.39, 0.29) is 5.91 Å². The largest absolute Gasteiger partial charge is 0.444 e. The van der Waals surface area contributed by atoms with Gasteiger partial charge >= 0.3 is 6.09 Å². The average molecular weight is 252 g/mol. The van der Waals surface area contributed by atoms with Crippen LogP contribution in [0, 0.1) is 0 Å². The predicted octanol–water partition coefficient (Wildman–Crippen LogP) is 1.86. The molecule has 0 aromatic rings. The molecule has 0 saturated carbocycles. The Balaban J connectivity index is 2.77. The summed E-state index contributed by atoms with van der Waals surface area (Å²) < 4.78 is 5.17. The topological polar surface area (TPSA) is 67.4 Å². The molecule has 0 bridgehead atoms. The number of alkyl carbamates (subject to hydrolysis) is 1. The highest BCUT2D eigenvalue weighted by Gasteiger charge is 2.28. The van der Waals surface area contributed by atoms with E-state index < -0.39 is 17.2 Å². The van der Waals surface area contributed by atoms with E-state index in [9.17, 15) is 9.59 Å². The first-order valence-electron chi connectivity index (χ1n) is 5.81. The normalized spacial score (nSPS) is 18.5. The Kier molecular flexibility index (Phi) is 3.84. The van der Waals surface area contributed by atoms with E-state index in [1.165, 1.54) is 6.08 Å². The summed E-state index contributed by atoms with van der Waals surface area (Å²) in [4.78, 5) is 23.1. The van der Waals surface area contributed by atoms with Crippen LogP contribution < -0.4 is 10.6 Å².